The Kier molecular flexibility index (Phi) is 3.84. The lowest BCUT2D eigenvalue weighted by Gasteiger charge is -2.28. The highest BCUT2D eigenvalue weighted by molar-refractivity contribution is 6.34. The van der Waals surface area contributed by atoms with Gasteiger partial charge in [0.25, 0.3) is 0 Å². The molecule has 9 heteroatoms. The maximum atomic E-state index is 13.7. The van der Waals surface area contributed by atoms with Crippen molar-refractivity contribution in [2.24, 2.45) is 0 Å². The van der Waals surface area contributed by atoms with Crippen LogP contribution in [-0.4, -0.2) is 32.8 Å². The Balaban J connectivity index is 2.34. The molecule has 0 fully saturated rings. The average Bonchev–Trinajstić information content (AvgIpc) is 2.97. The number of aromatic nitrogens is 4. The first-order valence-electron chi connectivity index (χ1n) is 6.89. The van der Waals surface area contributed by atoms with Crippen LogP contribution in [0.2, 0.25) is 5.15 Å². The lowest BCUT2D eigenvalue weighted by Crippen LogP contribution is -2.42. The van der Waals surface area contributed by atoms with Gasteiger partial charge in [-0.2, -0.15) is 10.1 Å². The van der Waals surface area contributed by atoms with Gasteiger partial charge in [0.15, 0.2) is 11.2 Å². The summed E-state index contributed by atoms with van der Waals surface area (Å²) in [6.45, 7) is 1.55. The van der Waals surface area contributed by atoms with E-state index in [1.165, 1.54) is 36.2 Å². The number of anilines is 1. The van der Waals surface area contributed by atoms with Gasteiger partial charge in [0.05, 0.1) is 18.7 Å². The van der Waals surface area contributed by atoms with E-state index < -0.39 is 17.3 Å². The molecule has 3 rings (SSSR count). The summed E-state index contributed by atoms with van der Waals surface area (Å²) in [4.78, 5) is 20.5. The molecule has 7 nitrogen and oxygen atoms in total. The van der Waals surface area contributed by atoms with Gasteiger partial charge >= 0.3 is 5.97 Å². The lowest BCUT2D eigenvalue weighted by atomic mass is 9.92. The first kappa shape index (κ1) is 16.1. The summed E-state index contributed by atoms with van der Waals surface area (Å²) in [5.74, 6) is -1.21. The number of fused-ring (bicyclic) bond motifs is 1. The fraction of sp³-hybridized carbons (Fsp3) is 0.200. The molecule has 3 aromatic rings. The molecule has 124 valence electrons. The standard InChI is InChI=1S/C15H13ClFN5O2/c1-15(13(23)24-2,8-4-3-5-9(17)6-8)22-12-10(7-19-22)11(16)20-14(18)21-12/h3-7H,1-2H3,(H2,18,20,21). The van der Waals surface area contributed by atoms with Gasteiger partial charge in [-0.3, -0.25) is 0 Å². The molecule has 0 saturated heterocycles. The van der Waals surface area contributed by atoms with E-state index in [-0.39, 0.29) is 16.7 Å². The second-order valence-corrected chi connectivity index (χ2v) is 5.60. The molecule has 1 aromatic carbocycles. The van der Waals surface area contributed by atoms with Crippen molar-refractivity contribution in [2.75, 3.05) is 12.8 Å². The minimum atomic E-state index is -1.47. The maximum Gasteiger partial charge on any atom is 0.338 e. The van der Waals surface area contributed by atoms with Gasteiger partial charge in [-0.25, -0.2) is 18.9 Å². The number of benzene rings is 1. The summed E-state index contributed by atoms with van der Waals surface area (Å²) in [7, 11) is 1.24. The van der Waals surface area contributed by atoms with Crippen molar-refractivity contribution < 1.29 is 13.9 Å². The summed E-state index contributed by atoms with van der Waals surface area (Å²) in [5, 5.41) is 4.72. The normalized spacial score (nSPS) is 13.7. The van der Waals surface area contributed by atoms with E-state index in [2.05, 4.69) is 15.1 Å². The maximum absolute atomic E-state index is 13.7. The third-order valence-corrected chi connectivity index (χ3v) is 4.08. The first-order valence-corrected chi connectivity index (χ1v) is 7.27. The van der Waals surface area contributed by atoms with Crippen LogP contribution in [0.3, 0.4) is 0 Å². The highest BCUT2D eigenvalue weighted by Crippen LogP contribution is 2.32. The van der Waals surface area contributed by atoms with Crippen LogP contribution in [0, 0.1) is 5.82 Å². The Morgan fingerprint density at radius 3 is 2.83 bits per heavy atom. The number of nitrogens with two attached hydrogens (primary N) is 1. The van der Waals surface area contributed by atoms with Crippen molar-refractivity contribution in [3.05, 3.63) is 47.0 Å². The van der Waals surface area contributed by atoms with E-state index in [1.807, 2.05) is 0 Å². The summed E-state index contributed by atoms with van der Waals surface area (Å²) >= 11 is 6.05. The largest absolute Gasteiger partial charge is 0.467 e. The summed E-state index contributed by atoms with van der Waals surface area (Å²) < 4.78 is 19.9. The minimum absolute atomic E-state index is 0.0688. The number of nitrogens with zero attached hydrogens (tertiary/aromatic N) is 4. The number of ether oxygens (including phenoxy) is 1. The van der Waals surface area contributed by atoms with Crippen LogP contribution in [0.25, 0.3) is 11.0 Å². The molecule has 0 radical (unpaired) electrons. The predicted molar refractivity (Wildman–Crippen MR) is 85.9 cm³/mol. The topological polar surface area (TPSA) is 95.9 Å². The third kappa shape index (κ3) is 2.35. The Morgan fingerprint density at radius 1 is 1.42 bits per heavy atom. The molecule has 0 amide bonds. The lowest BCUT2D eigenvalue weighted by molar-refractivity contribution is -0.148. The van der Waals surface area contributed by atoms with Crippen LogP contribution in [0.15, 0.2) is 30.5 Å². The van der Waals surface area contributed by atoms with E-state index in [1.54, 1.807) is 13.0 Å². The zero-order valence-corrected chi connectivity index (χ0v) is 13.6. The highest BCUT2D eigenvalue weighted by Gasteiger charge is 2.41. The number of rotatable bonds is 3. The fourth-order valence-electron chi connectivity index (χ4n) is 2.53. The molecule has 2 N–H and O–H groups in total. The van der Waals surface area contributed by atoms with E-state index in [0.29, 0.717) is 10.9 Å². The first-order chi connectivity index (χ1) is 11.4. The van der Waals surface area contributed by atoms with Crippen LogP contribution >= 0.6 is 11.6 Å². The number of hydrogen-bond donors (Lipinski definition) is 1. The molecule has 0 aliphatic heterocycles. The Labute approximate surface area is 141 Å². The number of hydrogen-bond acceptors (Lipinski definition) is 6. The van der Waals surface area contributed by atoms with Crippen molar-refractivity contribution >= 4 is 34.6 Å². The van der Waals surface area contributed by atoms with Gasteiger partial charge in [-0.15, -0.1) is 0 Å². The number of esters is 1. The summed E-state index contributed by atoms with van der Waals surface area (Å²) in [5.41, 5.74) is 4.75. The van der Waals surface area contributed by atoms with Crippen molar-refractivity contribution in [3.8, 4) is 0 Å². The molecule has 2 heterocycles. The second-order valence-electron chi connectivity index (χ2n) is 5.24. The van der Waals surface area contributed by atoms with Gasteiger partial charge in [0.1, 0.15) is 11.0 Å². The zero-order chi connectivity index (χ0) is 17.5. The van der Waals surface area contributed by atoms with E-state index in [4.69, 9.17) is 22.1 Å². The molecule has 0 aliphatic carbocycles. The number of nitrogen functional groups attached to an aromatic ring is 1. The Bertz CT molecular complexity index is 945. The molecule has 1 unspecified atom stereocenters. The summed E-state index contributed by atoms with van der Waals surface area (Å²) in [6.07, 6.45) is 1.41. The van der Waals surface area contributed by atoms with Crippen LogP contribution in [0.4, 0.5) is 10.3 Å². The highest BCUT2D eigenvalue weighted by atomic mass is 35.5. The Hall–Kier alpha value is -2.74. The molecule has 24 heavy (non-hydrogen) atoms. The van der Waals surface area contributed by atoms with Crippen LogP contribution in [-0.2, 0) is 15.1 Å². The van der Waals surface area contributed by atoms with Crippen LogP contribution in [0.5, 0.6) is 0 Å². The smallest absolute Gasteiger partial charge is 0.338 e. The van der Waals surface area contributed by atoms with Gasteiger partial charge < -0.3 is 10.5 Å². The number of halogens is 2. The molecule has 1 atom stereocenters. The van der Waals surface area contributed by atoms with Gasteiger partial charge in [0, 0.05) is 0 Å². The molecule has 2 aromatic heterocycles. The SMILES string of the molecule is COC(=O)C(C)(c1cccc(F)c1)n1ncc2c(Cl)nc(N)nc21. The van der Waals surface area contributed by atoms with E-state index in [0.717, 1.165) is 0 Å². The average molecular weight is 350 g/mol. The van der Waals surface area contributed by atoms with E-state index >= 15 is 0 Å². The van der Waals surface area contributed by atoms with Gasteiger partial charge in [0.2, 0.25) is 5.95 Å². The fourth-order valence-corrected chi connectivity index (χ4v) is 2.75. The van der Waals surface area contributed by atoms with Crippen molar-refractivity contribution in [3.63, 3.8) is 0 Å². The van der Waals surface area contributed by atoms with Crippen molar-refractivity contribution in [1.82, 2.24) is 19.7 Å². The molecule has 0 aliphatic rings. The van der Waals surface area contributed by atoms with E-state index in [9.17, 15) is 9.18 Å². The minimum Gasteiger partial charge on any atom is -0.467 e. The predicted octanol–water partition coefficient (Wildman–Crippen LogP) is 2.14. The van der Waals surface area contributed by atoms with Crippen molar-refractivity contribution in [2.45, 2.75) is 12.5 Å². The van der Waals surface area contributed by atoms with Crippen LogP contribution in [0.1, 0.15) is 12.5 Å². The molecule has 0 bridgehead atoms. The Morgan fingerprint density at radius 2 is 2.17 bits per heavy atom. The second kappa shape index (κ2) is 5.72. The molecular weight excluding hydrogens is 337 g/mol. The quantitative estimate of drug-likeness (QED) is 0.575. The molecule has 0 saturated carbocycles. The number of methoxy groups -OCH3 is 1. The van der Waals surface area contributed by atoms with Gasteiger partial charge in [-0.1, -0.05) is 23.7 Å². The monoisotopic (exact) mass is 349 g/mol. The summed E-state index contributed by atoms with van der Waals surface area (Å²) in [6, 6.07) is 5.60. The molecule has 0 spiro atoms. The van der Waals surface area contributed by atoms with Crippen molar-refractivity contribution in [1.29, 1.82) is 0 Å². The molecular formula is C15H13ClFN5O2. The number of carbonyl (C=O) groups is 1. The van der Waals surface area contributed by atoms with Crippen LogP contribution < -0.4 is 5.73 Å². The third-order valence-electron chi connectivity index (χ3n) is 3.79. The zero-order valence-electron chi connectivity index (χ0n) is 12.8. The number of carbonyl (C=O) groups excluding carboxylic acids is 1. The van der Waals surface area contributed by atoms with Gasteiger partial charge in [-0.05, 0) is 24.6 Å².